The fourth-order valence-corrected chi connectivity index (χ4v) is 6.88. The Kier molecular flexibility index (Phi) is 8.00. The van der Waals surface area contributed by atoms with Crippen LogP contribution in [0.4, 0.5) is 10.1 Å². The second-order valence-corrected chi connectivity index (χ2v) is 11.8. The summed E-state index contributed by atoms with van der Waals surface area (Å²) in [5.74, 6) is 0.642. The Morgan fingerprint density at radius 3 is 2.51 bits per heavy atom. The van der Waals surface area contributed by atoms with Gasteiger partial charge in [0.15, 0.2) is 5.16 Å². The predicted molar refractivity (Wildman–Crippen MR) is 162 cm³/mol. The molecule has 4 aromatic rings. The average molecular weight is 618 g/mol. The van der Waals surface area contributed by atoms with Crippen molar-refractivity contribution in [1.29, 1.82) is 0 Å². The lowest BCUT2D eigenvalue weighted by Crippen LogP contribution is -2.29. The number of nitro benzene ring substituents is 1. The molecular formula is C30H24FN5O5S2. The normalized spacial score (nSPS) is 15.7. The molecule has 0 fully saturated rings. The molecule has 218 valence electrons. The molecule has 13 heteroatoms. The lowest BCUT2D eigenvalue weighted by molar-refractivity contribution is -0.384. The van der Waals surface area contributed by atoms with Gasteiger partial charge in [0, 0.05) is 30.7 Å². The first-order chi connectivity index (χ1) is 20.8. The monoisotopic (exact) mass is 617 g/mol. The number of nitro groups is 1. The number of methoxy groups -OCH3 is 1. The van der Waals surface area contributed by atoms with Crippen molar-refractivity contribution in [1.82, 2.24) is 14.6 Å². The number of fused-ring (bicyclic) bond motifs is 1. The van der Waals surface area contributed by atoms with Crippen LogP contribution in [0.15, 0.2) is 92.7 Å². The van der Waals surface area contributed by atoms with Gasteiger partial charge in [-0.25, -0.2) is 14.4 Å². The Morgan fingerprint density at radius 1 is 1.12 bits per heavy atom. The molecule has 1 unspecified atom stereocenters. The highest BCUT2D eigenvalue weighted by Gasteiger charge is 2.33. The first-order valence-electron chi connectivity index (χ1n) is 13.3. The zero-order valence-corrected chi connectivity index (χ0v) is 24.4. The van der Waals surface area contributed by atoms with Crippen molar-refractivity contribution in [3.05, 3.63) is 116 Å². The van der Waals surface area contributed by atoms with Crippen LogP contribution in [-0.4, -0.2) is 49.7 Å². The number of carbonyl (C=O) groups excluding carboxylic acids is 1. The van der Waals surface area contributed by atoms with E-state index in [0.717, 1.165) is 28.6 Å². The summed E-state index contributed by atoms with van der Waals surface area (Å²) in [7, 11) is 1.58. The zero-order chi connectivity index (χ0) is 30.1. The van der Waals surface area contributed by atoms with Gasteiger partial charge in [0.05, 0.1) is 45.8 Å². The number of ether oxygens (including phenoxy) is 1. The van der Waals surface area contributed by atoms with Crippen LogP contribution in [0.3, 0.4) is 0 Å². The Balaban J connectivity index is 1.31. The standard InChI is InChI=1S/C30H24FN5O5S2/c1-41-23-12-4-18(5-13-23)25-16-26(19-2-6-20(31)7-3-19)35(33-25)27(37)17-43-30-32-24-14-15-42-28(24)29(38)34(30)21-8-10-22(11-9-21)36(39)40/h2-13,26H,14-17H2,1H3. The van der Waals surface area contributed by atoms with Crippen LogP contribution in [0.5, 0.6) is 5.75 Å². The minimum absolute atomic E-state index is 0.0809. The summed E-state index contributed by atoms with van der Waals surface area (Å²) in [6, 6.07) is 18.6. The van der Waals surface area contributed by atoms with Gasteiger partial charge >= 0.3 is 0 Å². The van der Waals surface area contributed by atoms with Crippen molar-refractivity contribution >= 4 is 40.8 Å². The van der Waals surface area contributed by atoms with Crippen LogP contribution in [0, 0.1) is 15.9 Å². The van der Waals surface area contributed by atoms with Gasteiger partial charge in [-0.15, -0.1) is 11.8 Å². The number of hydrogen-bond acceptors (Lipinski definition) is 9. The number of aromatic nitrogens is 2. The van der Waals surface area contributed by atoms with E-state index in [1.807, 2.05) is 24.3 Å². The fraction of sp³-hybridized carbons (Fsp3) is 0.200. The van der Waals surface area contributed by atoms with Gasteiger partial charge in [-0.05, 0) is 59.7 Å². The smallest absolute Gasteiger partial charge is 0.272 e. The molecule has 2 aliphatic rings. The van der Waals surface area contributed by atoms with E-state index in [9.17, 15) is 24.1 Å². The molecule has 0 spiro atoms. The van der Waals surface area contributed by atoms with E-state index in [4.69, 9.17) is 9.72 Å². The molecule has 2 aliphatic heterocycles. The van der Waals surface area contributed by atoms with E-state index >= 15 is 0 Å². The Morgan fingerprint density at radius 2 is 1.84 bits per heavy atom. The van der Waals surface area contributed by atoms with E-state index in [2.05, 4.69) is 5.10 Å². The van der Waals surface area contributed by atoms with Crippen molar-refractivity contribution in [2.24, 2.45) is 5.10 Å². The number of hydrogen-bond donors (Lipinski definition) is 0. The number of carbonyl (C=O) groups is 1. The minimum Gasteiger partial charge on any atom is -0.497 e. The number of rotatable bonds is 8. The summed E-state index contributed by atoms with van der Waals surface area (Å²) in [5, 5.41) is 17.6. The average Bonchev–Trinajstić information content (AvgIpc) is 3.69. The van der Waals surface area contributed by atoms with Crippen LogP contribution in [0.2, 0.25) is 0 Å². The second-order valence-electron chi connectivity index (χ2n) is 9.76. The third-order valence-electron chi connectivity index (χ3n) is 7.15. The Labute approximate surface area is 253 Å². The van der Waals surface area contributed by atoms with Crippen molar-refractivity contribution in [3.8, 4) is 11.4 Å². The highest BCUT2D eigenvalue weighted by Crippen LogP contribution is 2.35. The molecule has 0 saturated carbocycles. The minimum atomic E-state index is -0.508. The van der Waals surface area contributed by atoms with E-state index in [1.54, 1.807) is 19.2 Å². The van der Waals surface area contributed by atoms with Crippen LogP contribution < -0.4 is 10.3 Å². The fourth-order valence-electron chi connectivity index (χ4n) is 4.98. The summed E-state index contributed by atoms with van der Waals surface area (Å²) in [6.07, 6.45) is 1.06. The van der Waals surface area contributed by atoms with E-state index in [-0.39, 0.29) is 28.7 Å². The molecule has 0 radical (unpaired) electrons. The van der Waals surface area contributed by atoms with Crippen molar-refractivity contribution in [2.75, 3.05) is 18.6 Å². The second kappa shape index (κ2) is 12.0. The maximum atomic E-state index is 13.7. The lowest BCUT2D eigenvalue weighted by atomic mass is 9.98. The molecule has 0 N–H and O–H groups in total. The number of amides is 1. The molecular weight excluding hydrogens is 593 g/mol. The molecule has 6 rings (SSSR count). The highest BCUT2D eigenvalue weighted by molar-refractivity contribution is 8.00. The van der Waals surface area contributed by atoms with Gasteiger partial charge < -0.3 is 4.74 Å². The number of thioether (sulfide) groups is 2. The summed E-state index contributed by atoms with van der Waals surface area (Å²) in [5.41, 5.74) is 2.98. The molecule has 1 aromatic heterocycles. The van der Waals surface area contributed by atoms with E-state index in [0.29, 0.717) is 45.7 Å². The van der Waals surface area contributed by atoms with Crippen molar-refractivity contribution in [2.45, 2.75) is 28.9 Å². The number of benzene rings is 3. The number of hydrazone groups is 1. The summed E-state index contributed by atoms with van der Waals surface area (Å²) >= 11 is 2.52. The quantitative estimate of drug-likeness (QED) is 0.112. The number of nitrogens with zero attached hydrogens (tertiary/aromatic N) is 5. The first-order valence-corrected chi connectivity index (χ1v) is 15.3. The van der Waals surface area contributed by atoms with Gasteiger partial charge in [0.1, 0.15) is 11.6 Å². The third kappa shape index (κ3) is 5.77. The van der Waals surface area contributed by atoms with E-state index < -0.39 is 11.0 Å². The SMILES string of the molecule is COc1ccc(C2=NN(C(=O)CSc3nc4c(c(=O)n3-c3ccc([N+](=O)[O-])cc3)SCC4)C(c3ccc(F)cc3)C2)cc1. The lowest BCUT2D eigenvalue weighted by Gasteiger charge is -2.22. The molecule has 1 atom stereocenters. The predicted octanol–water partition coefficient (Wildman–Crippen LogP) is 5.41. The summed E-state index contributed by atoms with van der Waals surface area (Å²) < 4.78 is 20.4. The molecule has 0 aliphatic carbocycles. The summed E-state index contributed by atoms with van der Waals surface area (Å²) in [4.78, 5) is 43.2. The molecule has 0 bridgehead atoms. The Bertz CT molecular complexity index is 1790. The molecule has 43 heavy (non-hydrogen) atoms. The third-order valence-corrected chi connectivity index (χ3v) is 9.18. The zero-order valence-electron chi connectivity index (χ0n) is 22.8. The Hall–Kier alpha value is -4.49. The molecule has 0 saturated heterocycles. The van der Waals surface area contributed by atoms with Crippen LogP contribution >= 0.6 is 23.5 Å². The van der Waals surface area contributed by atoms with Crippen LogP contribution in [0.25, 0.3) is 5.69 Å². The molecule has 10 nitrogen and oxygen atoms in total. The maximum Gasteiger partial charge on any atom is 0.272 e. The van der Waals surface area contributed by atoms with Gasteiger partial charge in [-0.2, -0.15) is 5.10 Å². The van der Waals surface area contributed by atoms with Crippen LogP contribution in [0.1, 0.15) is 29.3 Å². The molecule has 1 amide bonds. The highest BCUT2D eigenvalue weighted by atomic mass is 32.2. The van der Waals surface area contributed by atoms with E-state index in [1.165, 1.54) is 57.7 Å². The topological polar surface area (TPSA) is 120 Å². The number of aryl methyl sites for hydroxylation is 1. The number of non-ortho nitro benzene ring substituents is 1. The van der Waals surface area contributed by atoms with Gasteiger partial charge in [0.25, 0.3) is 17.2 Å². The van der Waals surface area contributed by atoms with Gasteiger partial charge in [-0.1, -0.05) is 23.9 Å². The van der Waals surface area contributed by atoms with Crippen molar-refractivity contribution in [3.63, 3.8) is 0 Å². The van der Waals surface area contributed by atoms with Gasteiger partial charge in [0.2, 0.25) is 0 Å². The van der Waals surface area contributed by atoms with Gasteiger partial charge in [-0.3, -0.25) is 24.3 Å². The largest absolute Gasteiger partial charge is 0.497 e. The molecule has 3 aromatic carbocycles. The number of halogens is 1. The maximum absolute atomic E-state index is 13.7. The summed E-state index contributed by atoms with van der Waals surface area (Å²) in [6.45, 7) is 0. The molecule has 3 heterocycles. The van der Waals surface area contributed by atoms with Crippen molar-refractivity contribution < 1.29 is 18.8 Å². The van der Waals surface area contributed by atoms with Crippen LogP contribution in [-0.2, 0) is 11.2 Å². The first kappa shape index (κ1) is 28.6.